The Morgan fingerprint density at radius 1 is 1.00 bits per heavy atom. The molecule has 2 aromatic rings. The largest absolute Gasteiger partial charge is 0.493 e. The zero-order chi connectivity index (χ0) is 15.4. The number of ether oxygens (including phenoxy) is 2. The summed E-state index contributed by atoms with van der Waals surface area (Å²) in [5.74, 6) is 1.05. The van der Waals surface area contributed by atoms with Crippen molar-refractivity contribution in [3.63, 3.8) is 0 Å². The molecule has 2 aromatic carbocycles. The second-order valence-electron chi connectivity index (χ2n) is 4.41. The van der Waals surface area contributed by atoms with Crippen molar-refractivity contribution in [2.45, 2.75) is 6.42 Å². The van der Waals surface area contributed by atoms with E-state index in [2.05, 4.69) is 0 Å². The topological polar surface area (TPSA) is 35.5 Å². The van der Waals surface area contributed by atoms with Gasteiger partial charge in [-0.2, -0.15) is 0 Å². The van der Waals surface area contributed by atoms with E-state index in [4.69, 9.17) is 32.7 Å². The Hall–Kier alpha value is -1.71. The fourth-order valence-electron chi connectivity index (χ4n) is 1.95. The summed E-state index contributed by atoms with van der Waals surface area (Å²) in [4.78, 5) is 12.3. The summed E-state index contributed by atoms with van der Waals surface area (Å²) in [7, 11) is 3.08. The second kappa shape index (κ2) is 6.83. The predicted molar refractivity (Wildman–Crippen MR) is 84.0 cm³/mol. The van der Waals surface area contributed by atoms with Gasteiger partial charge >= 0.3 is 0 Å². The Morgan fingerprint density at radius 3 is 2.33 bits per heavy atom. The van der Waals surface area contributed by atoms with E-state index in [9.17, 15) is 4.79 Å². The van der Waals surface area contributed by atoms with Gasteiger partial charge in [0, 0.05) is 22.0 Å². The lowest BCUT2D eigenvalue weighted by molar-refractivity contribution is 0.0992. The molecule has 2 rings (SSSR count). The van der Waals surface area contributed by atoms with Crippen LogP contribution in [-0.2, 0) is 6.42 Å². The quantitative estimate of drug-likeness (QED) is 0.763. The monoisotopic (exact) mass is 324 g/mol. The minimum absolute atomic E-state index is 0.0554. The minimum Gasteiger partial charge on any atom is -0.493 e. The van der Waals surface area contributed by atoms with Crippen molar-refractivity contribution in [1.29, 1.82) is 0 Å². The number of benzene rings is 2. The van der Waals surface area contributed by atoms with Crippen LogP contribution >= 0.6 is 23.2 Å². The van der Waals surface area contributed by atoms with E-state index in [1.807, 2.05) is 0 Å². The van der Waals surface area contributed by atoms with Gasteiger partial charge in [0.2, 0.25) is 0 Å². The van der Waals surface area contributed by atoms with E-state index in [1.165, 1.54) is 7.11 Å². The van der Waals surface area contributed by atoms with Gasteiger partial charge < -0.3 is 9.47 Å². The van der Waals surface area contributed by atoms with Crippen LogP contribution in [0.4, 0.5) is 0 Å². The summed E-state index contributed by atoms with van der Waals surface area (Å²) in [5.41, 5.74) is 1.28. The molecule has 0 radical (unpaired) electrons. The maximum Gasteiger partial charge on any atom is 0.167 e. The Morgan fingerprint density at radius 2 is 1.71 bits per heavy atom. The molecule has 0 N–H and O–H groups in total. The maximum absolute atomic E-state index is 12.3. The highest BCUT2D eigenvalue weighted by Crippen LogP contribution is 2.29. The van der Waals surface area contributed by atoms with E-state index >= 15 is 0 Å². The highest BCUT2D eigenvalue weighted by atomic mass is 35.5. The third-order valence-electron chi connectivity index (χ3n) is 3.07. The maximum atomic E-state index is 12.3. The lowest BCUT2D eigenvalue weighted by atomic mass is 10.0. The van der Waals surface area contributed by atoms with E-state index in [-0.39, 0.29) is 12.2 Å². The fourth-order valence-corrected chi connectivity index (χ4v) is 2.43. The third-order valence-corrected chi connectivity index (χ3v) is 3.66. The third kappa shape index (κ3) is 3.69. The van der Waals surface area contributed by atoms with Gasteiger partial charge in [0.05, 0.1) is 14.2 Å². The van der Waals surface area contributed by atoms with Crippen LogP contribution < -0.4 is 9.47 Å². The molecule has 0 spiro atoms. The molecule has 0 aliphatic heterocycles. The molecular weight excluding hydrogens is 311 g/mol. The lowest BCUT2D eigenvalue weighted by Crippen LogP contribution is -2.05. The van der Waals surface area contributed by atoms with Crippen molar-refractivity contribution in [2.24, 2.45) is 0 Å². The van der Waals surface area contributed by atoms with Gasteiger partial charge in [-0.25, -0.2) is 0 Å². The predicted octanol–water partition coefficient (Wildman–Crippen LogP) is 4.44. The number of rotatable bonds is 5. The molecule has 0 saturated heterocycles. The number of carbonyl (C=O) groups excluding carboxylic acids is 1. The molecule has 0 unspecified atom stereocenters. The molecule has 0 aromatic heterocycles. The average Bonchev–Trinajstić information content (AvgIpc) is 2.49. The standard InChI is InChI=1S/C16H14Cl2O3/c1-20-15-6-4-11(8-16(15)21-2)14(19)7-10-3-5-12(17)9-13(10)18/h3-6,8-9H,7H2,1-2H3. The van der Waals surface area contributed by atoms with E-state index in [0.717, 1.165) is 5.56 Å². The summed E-state index contributed by atoms with van der Waals surface area (Å²) in [6.07, 6.45) is 0.200. The van der Waals surface area contributed by atoms with Crippen LogP contribution in [0.3, 0.4) is 0 Å². The van der Waals surface area contributed by atoms with Gasteiger partial charge in [0.1, 0.15) is 0 Å². The van der Waals surface area contributed by atoms with Crippen molar-refractivity contribution in [3.8, 4) is 11.5 Å². The molecule has 0 fully saturated rings. The van der Waals surface area contributed by atoms with Crippen LogP contribution in [0.25, 0.3) is 0 Å². The second-order valence-corrected chi connectivity index (χ2v) is 5.25. The highest BCUT2D eigenvalue weighted by molar-refractivity contribution is 6.35. The Labute approximate surface area is 133 Å². The van der Waals surface area contributed by atoms with Gasteiger partial charge in [0.15, 0.2) is 17.3 Å². The van der Waals surface area contributed by atoms with Crippen molar-refractivity contribution < 1.29 is 14.3 Å². The van der Waals surface area contributed by atoms with Gasteiger partial charge in [0.25, 0.3) is 0 Å². The summed E-state index contributed by atoms with van der Waals surface area (Å²) >= 11 is 11.9. The van der Waals surface area contributed by atoms with Crippen LogP contribution in [0.1, 0.15) is 15.9 Å². The van der Waals surface area contributed by atoms with Crippen LogP contribution in [0.2, 0.25) is 10.0 Å². The first kappa shape index (κ1) is 15.7. The van der Waals surface area contributed by atoms with Crippen molar-refractivity contribution in [2.75, 3.05) is 14.2 Å². The van der Waals surface area contributed by atoms with Crippen LogP contribution in [0.15, 0.2) is 36.4 Å². The molecule has 110 valence electrons. The number of Topliss-reactive ketones (excluding diaryl/α,β-unsaturated/α-hetero) is 1. The normalized spacial score (nSPS) is 10.3. The van der Waals surface area contributed by atoms with Gasteiger partial charge in [-0.05, 0) is 35.9 Å². The average molecular weight is 325 g/mol. The Kier molecular flexibility index (Phi) is 5.10. The minimum atomic E-state index is -0.0554. The molecule has 0 atom stereocenters. The molecule has 0 amide bonds. The van der Waals surface area contributed by atoms with Crippen LogP contribution in [0, 0.1) is 0 Å². The Bertz CT molecular complexity index is 669. The van der Waals surface area contributed by atoms with Crippen molar-refractivity contribution in [1.82, 2.24) is 0 Å². The molecule has 21 heavy (non-hydrogen) atoms. The lowest BCUT2D eigenvalue weighted by Gasteiger charge is -2.09. The first-order valence-electron chi connectivity index (χ1n) is 6.24. The number of methoxy groups -OCH3 is 2. The van der Waals surface area contributed by atoms with Crippen LogP contribution in [0.5, 0.6) is 11.5 Å². The van der Waals surface area contributed by atoms with Gasteiger partial charge in [-0.3, -0.25) is 4.79 Å². The molecule has 0 aliphatic rings. The molecular formula is C16H14Cl2O3. The smallest absolute Gasteiger partial charge is 0.167 e. The highest BCUT2D eigenvalue weighted by Gasteiger charge is 2.13. The van der Waals surface area contributed by atoms with Gasteiger partial charge in [-0.1, -0.05) is 29.3 Å². The van der Waals surface area contributed by atoms with Crippen LogP contribution in [-0.4, -0.2) is 20.0 Å². The SMILES string of the molecule is COc1ccc(C(=O)Cc2ccc(Cl)cc2Cl)cc1OC. The molecule has 0 saturated carbocycles. The number of carbonyl (C=O) groups is 1. The van der Waals surface area contributed by atoms with E-state index in [0.29, 0.717) is 27.1 Å². The van der Waals surface area contributed by atoms with Crippen molar-refractivity contribution >= 4 is 29.0 Å². The molecule has 0 heterocycles. The van der Waals surface area contributed by atoms with Gasteiger partial charge in [-0.15, -0.1) is 0 Å². The summed E-state index contributed by atoms with van der Waals surface area (Å²) in [5, 5.41) is 1.03. The summed E-state index contributed by atoms with van der Waals surface area (Å²) < 4.78 is 10.3. The summed E-state index contributed by atoms with van der Waals surface area (Å²) in [6, 6.07) is 10.2. The number of hydrogen-bond acceptors (Lipinski definition) is 3. The first-order valence-corrected chi connectivity index (χ1v) is 7.00. The molecule has 0 aliphatic carbocycles. The number of ketones is 1. The van der Waals surface area contributed by atoms with Crippen molar-refractivity contribution in [3.05, 3.63) is 57.6 Å². The summed E-state index contributed by atoms with van der Waals surface area (Å²) in [6.45, 7) is 0. The van der Waals surface area contributed by atoms with E-state index < -0.39 is 0 Å². The molecule has 3 nitrogen and oxygen atoms in total. The Balaban J connectivity index is 2.24. The zero-order valence-electron chi connectivity index (χ0n) is 11.7. The molecule has 0 bridgehead atoms. The molecule has 5 heteroatoms. The zero-order valence-corrected chi connectivity index (χ0v) is 13.2. The number of hydrogen-bond donors (Lipinski definition) is 0. The number of halogens is 2. The van der Waals surface area contributed by atoms with E-state index in [1.54, 1.807) is 43.5 Å². The first-order chi connectivity index (χ1) is 10.0. The fraction of sp³-hybridized carbons (Fsp3) is 0.188.